The number of ether oxygens (including phenoxy) is 1. The summed E-state index contributed by atoms with van der Waals surface area (Å²) in [4.78, 5) is 0.210. The van der Waals surface area contributed by atoms with Gasteiger partial charge < -0.3 is 10.5 Å². The van der Waals surface area contributed by atoms with Crippen LogP contribution in [0.5, 0.6) is 0 Å². The van der Waals surface area contributed by atoms with E-state index in [2.05, 4.69) is 4.72 Å². The zero-order valence-electron chi connectivity index (χ0n) is 12.8. The Balaban J connectivity index is 2.24. The molecule has 118 valence electrons. The van der Waals surface area contributed by atoms with E-state index in [-0.39, 0.29) is 10.9 Å². The molecular weight excluding hydrogens is 288 g/mol. The van der Waals surface area contributed by atoms with E-state index in [1.807, 2.05) is 19.9 Å². The molecule has 0 aliphatic carbocycles. The van der Waals surface area contributed by atoms with Crippen LogP contribution in [0.25, 0.3) is 0 Å². The number of benzene rings is 1. The van der Waals surface area contributed by atoms with E-state index in [9.17, 15) is 8.42 Å². The molecule has 1 fully saturated rings. The van der Waals surface area contributed by atoms with Gasteiger partial charge in [-0.2, -0.15) is 0 Å². The Hall–Kier alpha value is -1.11. The maximum absolute atomic E-state index is 12.7. The van der Waals surface area contributed by atoms with Crippen molar-refractivity contribution in [1.29, 1.82) is 0 Å². The molecule has 1 aromatic rings. The lowest BCUT2D eigenvalue weighted by atomic mass is 9.94. The lowest BCUT2D eigenvalue weighted by Gasteiger charge is -2.28. The van der Waals surface area contributed by atoms with Crippen LogP contribution in [0.1, 0.15) is 30.9 Å². The quantitative estimate of drug-likeness (QED) is 0.833. The van der Waals surface area contributed by atoms with Crippen molar-refractivity contribution in [3.8, 4) is 0 Å². The van der Waals surface area contributed by atoms with Crippen molar-refractivity contribution in [3.63, 3.8) is 0 Å². The molecule has 0 saturated carbocycles. The van der Waals surface area contributed by atoms with Gasteiger partial charge in [0, 0.05) is 19.3 Å². The highest BCUT2D eigenvalue weighted by atomic mass is 32.2. The Bertz CT molecular complexity index is 608. The number of hydrogen-bond donors (Lipinski definition) is 2. The number of hydrogen-bond acceptors (Lipinski definition) is 4. The molecular formula is C15H24N2O3S. The SMILES string of the molecule is Cc1ccc(C)c(S(=O)(=O)NC(C)C2CCOCC2)c1N. The van der Waals surface area contributed by atoms with Crippen LogP contribution in [0, 0.1) is 19.8 Å². The smallest absolute Gasteiger partial charge is 0.243 e. The topological polar surface area (TPSA) is 81.4 Å². The summed E-state index contributed by atoms with van der Waals surface area (Å²) in [6.45, 7) is 6.89. The van der Waals surface area contributed by atoms with Crippen LogP contribution >= 0.6 is 0 Å². The van der Waals surface area contributed by atoms with Crippen LogP contribution in [-0.4, -0.2) is 27.7 Å². The fraction of sp³-hybridized carbons (Fsp3) is 0.600. The van der Waals surface area contributed by atoms with Crippen LogP contribution in [0.15, 0.2) is 17.0 Å². The molecule has 1 aliphatic rings. The van der Waals surface area contributed by atoms with Gasteiger partial charge in [0.15, 0.2) is 0 Å². The largest absolute Gasteiger partial charge is 0.397 e. The summed E-state index contributed by atoms with van der Waals surface area (Å²) in [7, 11) is -3.61. The van der Waals surface area contributed by atoms with E-state index >= 15 is 0 Å². The van der Waals surface area contributed by atoms with Gasteiger partial charge in [0.25, 0.3) is 0 Å². The molecule has 21 heavy (non-hydrogen) atoms. The highest BCUT2D eigenvalue weighted by molar-refractivity contribution is 7.89. The van der Waals surface area contributed by atoms with Gasteiger partial charge in [0.2, 0.25) is 10.0 Å². The highest BCUT2D eigenvalue weighted by Crippen LogP contribution is 2.27. The van der Waals surface area contributed by atoms with Crippen LogP contribution in [0.2, 0.25) is 0 Å². The fourth-order valence-corrected chi connectivity index (χ4v) is 4.52. The molecule has 1 aromatic carbocycles. The van der Waals surface area contributed by atoms with Gasteiger partial charge in [0.05, 0.1) is 5.69 Å². The highest BCUT2D eigenvalue weighted by Gasteiger charge is 2.28. The lowest BCUT2D eigenvalue weighted by Crippen LogP contribution is -2.40. The molecule has 6 heteroatoms. The number of nitrogen functional groups attached to an aromatic ring is 1. The summed E-state index contributed by atoms with van der Waals surface area (Å²) >= 11 is 0. The van der Waals surface area contributed by atoms with Crippen LogP contribution in [0.3, 0.4) is 0 Å². The molecule has 1 saturated heterocycles. The van der Waals surface area contributed by atoms with E-state index in [4.69, 9.17) is 10.5 Å². The molecule has 1 unspecified atom stereocenters. The van der Waals surface area contributed by atoms with Gasteiger partial charge in [-0.15, -0.1) is 0 Å². The first-order chi connectivity index (χ1) is 9.83. The number of nitrogens with one attached hydrogen (secondary N) is 1. The Morgan fingerprint density at radius 1 is 1.24 bits per heavy atom. The Kier molecular flexibility index (Phi) is 4.91. The maximum Gasteiger partial charge on any atom is 0.243 e. The summed E-state index contributed by atoms with van der Waals surface area (Å²) in [5.41, 5.74) is 7.77. The standard InChI is InChI=1S/C15H24N2O3S/c1-10-4-5-11(2)15(14(10)16)21(18,19)17-12(3)13-6-8-20-9-7-13/h4-5,12-13,17H,6-9,16H2,1-3H3. The van der Waals surface area contributed by atoms with E-state index in [0.29, 0.717) is 30.4 Å². The van der Waals surface area contributed by atoms with E-state index in [1.165, 1.54) is 0 Å². The first-order valence-corrected chi connectivity index (χ1v) is 8.77. The number of anilines is 1. The van der Waals surface area contributed by atoms with E-state index < -0.39 is 10.0 Å². The normalized spacial score (nSPS) is 18.6. The molecule has 0 radical (unpaired) electrons. The molecule has 1 atom stereocenters. The first kappa shape index (κ1) is 16.3. The van der Waals surface area contributed by atoms with Crippen LogP contribution < -0.4 is 10.5 Å². The van der Waals surface area contributed by atoms with Crippen LogP contribution in [-0.2, 0) is 14.8 Å². The minimum absolute atomic E-state index is 0.127. The van der Waals surface area contributed by atoms with Crippen molar-refractivity contribution in [1.82, 2.24) is 4.72 Å². The van der Waals surface area contributed by atoms with Crippen molar-refractivity contribution in [2.75, 3.05) is 18.9 Å². The van der Waals surface area contributed by atoms with Crippen molar-refractivity contribution in [2.24, 2.45) is 5.92 Å². The Labute approximate surface area is 126 Å². The second-order valence-electron chi connectivity index (χ2n) is 5.80. The molecule has 5 nitrogen and oxygen atoms in total. The lowest BCUT2D eigenvalue weighted by molar-refractivity contribution is 0.0585. The molecule has 2 rings (SSSR count). The minimum Gasteiger partial charge on any atom is -0.397 e. The first-order valence-electron chi connectivity index (χ1n) is 7.28. The van der Waals surface area contributed by atoms with Crippen molar-refractivity contribution >= 4 is 15.7 Å². The number of sulfonamides is 1. The Morgan fingerprint density at radius 2 is 1.81 bits per heavy atom. The number of rotatable bonds is 4. The Morgan fingerprint density at radius 3 is 2.43 bits per heavy atom. The van der Waals surface area contributed by atoms with E-state index in [0.717, 1.165) is 18.4 Å². The third kappa shape index (κ3) is 3.56. The monoisotopic (exact) mass is 312 g/mol. The third-order valence-corrected chi connectivity index (χ3v) is 5.96. The zero-order chi connectivity index (χ0) is 15.6. The molecule has 0 aromatic heterocycles. The summed E-state index contributed by atoms with van der Waals surface area (Å²) in [6.07, 6.45) is 1.76. The second-order valence-corrected chi connectivity index (χ2v) is 7.45. The van der Waals surface area contributed by atoms with Gasteiger partial charge in [-0.25, -0.2) is 13.1 Å². The van der Waals surface area contributed by atoms with E-state index in [1.54, 1.807) is 13.0 Å². The van der Waals surface area contributed by atoms with Gasteiger partial charge in [-0.3, -0.25) is 0 Å². The van der Waals surface area contributed by atoms with Gasteiger partial charge >= 0.3 is 0 Å². The van der Waals surface area contributed by atoms with Crippen molar-refractivity contribution < 1.29 is 13.2 Å². The molecule has 0 bridgehead atoms. The van der Waals surface area contributed by atoms with Crippen molar-refractivity contribution in [3.05, 3.63) is 23.3 Å². The predicted octanol–water partition coefficient (Wildman–Crippen LogP) is 1.98. The third-order valence-electron chi connectivity index (χ3n) is 4.19. The molecule has 0 amide bonds. The zero-order valence-corrected chi connectivity index (χ0v) is 13.7. The van der Waals surface area contributed by atoms with Crippen LogP contribution in [0.4, 0.5) is 5.69 Å². The summed E-state index contributed by atoms with van der Waals surface area (Å²) in [5.74, 6) is 0.305. The summed E-state index contributed by atoms with van der Waals surface area (Å²) < 4.78 is 33.4. The summed E-state index contributed by atoms with van der Waals surface area (Å²) in [6, 6.07) is 3.50. The average Bonchev–Trinajstić information content (AvgIpc) is 2.43. The average molecular weight is 312 g/mol. The minimum atomic E-state index is -3.61. The maximum atomic E-state index is 12.7. The second kappa shape index (κ2) is 6.34. The molecule has 3 N–H and O–H groups in total. The molecule has 1 heterocycles. The molecule has 1 aliphatic heterocycles. The van der Waals surface area contributed by atoms with Gasteiger partial charge in [-0.1, -0.05) is 12.1 Å². The number of nitrogens with two attached hydrogens (primary N) is 1. The predicted molar refractivity (Wildman–Crippen MR) is 83.7 cm³/mol. The fourth-order valence-electron chi connectivity index (χ4n) is 2.78. The van der Waals surface area contributed by atoms with Crippen molar-refractivity contribution in [2.45, 2.75) is 44.6 Å². The van der Waals surface area contributed by atoms with Gasteiger partial charge in [0.1, 0.15) is 4.90 Å². The summed E-state index contributed by atoms with van der Waals surface area (Å²) in [5, 5.41) is 0. The van der Waals surface area contributed by atoms with Gasteiger partial charge in [-0.05, 0) is 50.7 Å². The molecule has 0 spiro atoms. The number of aryl methyl sites for hydroxylation is 2.